The summed E-state index contributed by atoms with van der Waals surface area (Å²) in [6, 6.07) is 1.96. The second-order valence-corrected chi connectivity index (χ2v) is 6.76. The van der Waals surface area contributed by atoms with Gasteiger partial charge in [0.05, 0.1) is 6.61 Å². The van der Waals surface area contributed by atoms with Gasteiger partial charge < -0.3 is 4.74 Å². The molecule has 23 heavy (non-hydrogen) atoms. The second kappa shape index (κ2) is 6.99. The number of carbonyl (C=O) groups excluding carboxylic acids is 2. The fraction of sp³-hybridized carbons (Fsp3) is 0.143. The van der Waals surface area contributed by atoms with Crippen molar-refractivity contribution in [2.45, 2.75) is 6.92 Å². The summed E-state index contributed by atoms with van der Waals surface area (Å²) in [5, 5.41) is 11.0. The molecule has 0 bridgehead atoms. The number of nitrogens with zero attached hydrogens (tertiary/aromatic N) is 2. The summed E-state index contributed by atoms with van der Waals surface area (Å²) >= 11 is 4.15. The Morgan fingerprint density at radius 3 is 2.74 bits per heavy atom. The summed E-state index contributed by atoms with van der Waals surface area (Å²) in [6.07, 6.45) is 0. The Hall–Kier alpha value is -2.10. The lowest BCUT2D eigenvalue weighted by Gasteiger charge is -1.98. The van der Waals surface area contributed by atoms with Crippen LogP contribution in [0.25, 0.3) is 10.6 Å². The van der Waals surface area contributed by atoms with E-state index in [0.717, 1.165) is 21.9 Å². The Bertz CT molecular complexity index is 823. The van der Waals surface area contributed by atoms with Gasteiger partial charge in [0.1, 0.15) is 10.7 Å². The molecule has 1 N–H and O–H groups in total. The Balaban J connectivity index is 1.69. The molecule has 0 aliphatic rings. The van der Waals surface area contributed by atoms with Gasteiger partial charge in [-0.05, 0) is 18.4 Å². The summed E-state index contributed by atoms with van der Waals surface area (Å²) in [5.41, 5.74) is 1.51. The first-order valence-corrected chi connectivity index (χ1v) is 9.29. The molecule has 0 aliphatic heterocycles. The van der Waals surface area contributed by atoms with Gasteiger partial charge in [-0.25, -0.2) is 14.8 Å². The van der Waals surface area contributed by atoms with Gasteiger partial charge >= 0.3 is 5.97 Å². The van der Waals surface area contributed by atoms with E-state index in [2.05, 4.69) is 15.3 Å². The molecule has 0 atom stereocenters. The van der Waals surface area contributed by atoms with Crippen LogP contribution in [-0.4, -0.2) is 28.5 Å². The Morgan fingerprint density at radius 1 is 1.17 bits per heavy atom. The highest BCUT2D eigenvalue weighted by Gasteiger charge is 2.16. The van der Waals surface area contributed by atoms with Crippen LogP contribution >= 0.6 is 34.0 Å². The zero-order chi connectivity index (χ0) is 16.2. The maximum absolute atomic E-state index is 12.2. The molecule has 0 radical (unpaired) electrons. The first-order valence-electron chi connectivity index (χ1n) is 6.59. The number of ether oxygens (including phenoxy) is 1. The normalized spacial score (nSPS) is 10.5. The molecule has 0 fully saturated rings. The lowest BCUT2D eigenvalue weighted by Crippen LogP contribution is -2.12. The molecule has 0 aromatic carbocycles. The quantitative estimate of drug-likeness (QED) is 0.696. The summed E-state index contributed by atoms with van der Waals surface area (Å²) in [7, 11) is 0. The van der Waals surface area contributed by atoms with Gasteiger partial charge in [0, 0.05) is 21.7 Å². The van der Waals surface area contributed by atoms with Crippen LogP contribution < -0.4 is 5.32 Å². The van der Waals surface area contributed by atoms with Crippen LogP contribution in [0.4, 0.5) is 5.13 Å². The molecule has 0 spiro atoms. The molecule has 0 saturated carbocycles. The van der Waals surface area contributed by atoms with Crippen LogP contribution in [0.3, 0.4) is 0 Å². The zero-order valence-electron chi connectivity index (χ0n) is 11.9. The summed E-state index contributed by atoms with van der Waals surface area (Å²) in [6.45, 7) is 2.00. The minimum atomic E-state index is -0.502. The van der Waals surface area contributed by atoms with Crippen molar-refractivity contribution in [1.29, 1.82) is 0 Å². The Morgan fingerprint density at radius 2 is 2.00 bits per heavy atom. The van der Waals surface area contributed by atoms with E-state index in [4.69, 9.17) is 4.74 Å². The molecule has 0 saturated heterocycles. The fourth-order valence-electron chi connectivity index (χ4n) is 1.69. The lowest BCUT2D eigenvalue weighted by atomic mass is 10.3. The van der Waals surface area contributed by atoms with Crippen molar-refractivity contribution >= 4 is 51.0 Å². The number of esters is 1. The van der Waals surface area contributed by atoms with E-state index < -0.39 is 5.97 Å². The topological polar surface area (TPSA) is 81.2 Å². The van der Waals surface area contributed by atoms with Crippen LogP contribution in [-0.2, 0) is 4.74 Å². The monoisotopic (exact) mass is 365 g/mol. The molecule has 118 valence electrons. The maximum Gasteiger partial charge on any atom is 0.357 e. The molecule has 3 rings (SSSR count). The number of hydrogen-bond donors (Lipinski definition) is 1. The number of amides is 1. The Labute approximate surface area is 143 Å². The zero-order valence-corrected chi connectivity index (χ0v) is 14.4. The van der Waals surface area contributed by atoms with Crippen LogP contribution in [0.2, 0.25) is 0 Å². The van der Waals surface area contributed by atoms with Crippen molar-refractivity contribution in [3.8, 4) is 10.6 Å². The molecule has 1 amide bonds. The van der Waals surface area contributed by atoms with Crippen molar-refractivity contribution in [2.24, 2.45) is 0 Å². The van der Waals surface area contributed by atoms with E-state index in [9.17, 15) is 9.59 Å². The first-order chi connectivity index (χ1) is 11.2. The third-order valence-electron chi connectivity index (χ3n) is 2.71. The van der Waals surface area contributed by atoms with E-state index >= 15 is 0 Å². The van der Waals surface area contributed by atoms with Crippen molar-refractivity contribution in [2.75, 3.05) is 11.9 Å². The molecule has 3 aromatic rings. The van der Waals surface area contributed by atoms with E-state index in [1.807, 2.05) is 16.8 Å². The van der Waals surface area contributed by atoms with Gasteiger partial charge in [0.15, 0.2) is 10.8 Å². The number of nitrogens with one attached hydrogen (secondary N) is 1. The predicted octanol–water partition coefficient (Wildman–Crippen LogP) is 3.76. The van der Waals surface area contributed by atoms with Gasteiger partial charge in [0.25, 0.3) is 5.91 Å². The van der Waals surface area contributed by atoms with Crippen molar-refractivity contribution < 1.29 is 14.3 Å². The van der Waals surface area contributed by atoms with Crippen LogP contribution in [0.5, 0.6) is 0 Å². The molecular weight excluding hydrogens is 354 g/mol. The Kier molecular flexibility index (Phi) is 4.79. The van der Waals surface area contributed by atoms with Gasteiger partial charge in [-0.3, -0.25) is 10.1 Å². The van der Waals surface area contributed by atoms with E-state index in [1.54, 1.807) is 29.0 Å². The largest absolute Gasteiger partial charge is 0.461 e. The molecular formula is C14H11N3O3S3. The fourth-order valence-corrected chi connectivity index (χ4v) is 3.87. The van der Waals surface area contributed by atoms with Crippen molar-refractivity contribution in [1.82, 2.24) is 9.97 Å². The van der Waals surface area contributed by atoms with E-state index in [-0.39, 0.29) is 18.2 Å². The van der Waals surface area contributed by atoms with Gasteiger partial charge in [-0.1, -0.05) is 0 Å². The second-order valence-electron chi connectivity index (χ2n) is 4.26. The van der Waals surface area contributed by atoms with Gasteiger partial charge in [0.2, 0.25) is 0 Å². The third-order valence-corrected chi connectivity index (χ3v) is 5.05. The first kappa shape index (κ1) is 15.8. The standard InChI is InChI=1S/C14H11N3O3S3/c1-2-20-13(19)10-7-23-14(16-10)17-11(18)9-6-22-12(15-9)8-3-4-21-5-8/h3-7H,2H2,1H3,(H,16,17,18). The minimum absolute atomic E-state index is 0.185. The number of thiophene rings is 1. The highest BCUT2D eigenvalue weighted by atomic mass is 32.1. The highest BCUT2D eigenvalue weighted by Crippen LogP contribution is 2.26. The highest BCUT2D eigenvalue weighted by molar-refractivity contribution is 7.14. The number of thiazole rings is 2. The van der Waals surface area contributed by atoms with Crippen LogP contribution in [0.15, 0.2) is 27.6 Å². The average molecular weight is 365 g/mol. The summed E-state index contributed by atoms with van der Waals surface area (Å²) < 4.78 is 4.86. The van der Waals surface area contributed by atoms with E-state index in [0.29, 0.717) is 10.8 Å². The minimum Gasteiger partial charge on any atom is -0.461 e. The lowest BCUT2D eigenvalue weighted by molar-refractivity contribution is 0.0520. The molecule has 3 aromatic heterocycles. The third kappa shape index (κ3) is 3.63. The average Bonchev–Trinajstić information content (AvgIpc) is 3.28. The molecule has 0 unspecified atom stereocenters. The van der Waals surface area contributed by atoms with Gasteiger partial charge in [-0.15, -0.1) is 22.7 Å². The SMILES string of the molecule is CCOC(=O)c1csc(NC(=O)c2csc(-c3ccsc3)n2)n1. The summed E-state index contributed by atoms with van der Waals surface area (Å²) in [4.78, 5) is 32.1. The number of anilines is 1. The number of aromatic nitrogens is 2. The number of carbonyl (C=O) groups is 2. The van der Waals surface area contributed by atoms with Crippen LogP contribution in [0.1, 0.15) is 27.9 Å². The van der Waals surface area contributed by atoms with E-state index in [1.165, 1.54) is 11.3 Å². The van der Waals surface area contributed by atoms with Crippen molar-refractivity contribution in [3.63, 3.8) is 0 Å². The van der Waals surface area contributed by atoms with Crippen molar-refractivity contribution in [3.05, 3.63) is 39.0 Å². The number of rotatable bonds is 5. The van der Waals surface area contributed by atoms with Crippen LogP contribution in [0, 0.1) is 0 Å². The molecule has 3 heterocycles. The number of hydrogen-bond acceptors (Lipinski definition) is 8. The molecule has 0 aliphatic carbocycles. The molecule has 6 nitrogen and oxygen atoms in total. The maximum atomic E-state index is 12.2. The predicted molar refractivity (Wildman–Crippen MR) is 91.5 cm³/mol. The summed E-state index contributed by atoms with van der Waals surface area (Å²) in [5.74, 6) is -0.856. The van der Waals surface area contributed by atoms with Gasteiger partial charge in [-0.2, -0.15) is 11.3 Å². The smallest absolute Gasteiger partial charge is 0.357 e. The molecule has 9 heteroatoms.